The standard InChI is InChI=1S/C73H108F2N12O13/c1-14-15-27-51-66(93)84(12)73(6,7)72(99)78-53(38-44(2)3)65(92)82(10)58(69(96)85-34-18-16-19-35-85)42-60(89)81(9)56(39-45(4)5)64(91)79-62(47-23-21-24-47)71(98)86-36-20-17-28-54(86)70(97)87-37-33-55(87)68(95)83(11)57(40-46-29-31-49(100-13)32-30-46)67(94)80(8)43-59(88)76-52(63(90)77-51)41-48-25-22-26-50(74)61(48)75/h22,25-26,29-32,44-45,47,51-58,62H,14-21,23-24,27-28,33-43H2,1-13H3,(H,76,88)(H,77,90)(H,78,99)(H,79,91)/t51-,52-,53-,54-,55-,56-,57-,58-,62?/m0/s1. The first-order valence-corrected chi connectivity index (χ1v) is 35.8. The molecule has 1 aliphatic carbocycles. The van der Waals surface area contributed by atoms with Crippen LogP contribution in [0.1, 0.15) is 162 Å². The fourth-order valence-corrected chi connectivity index (χ4v) is 13.9. The van der Waals surface area contributed by atoms with Gasteiger partial charge in [-0.25, -0.2) is 8.78 Å². The molecular weight excluding hydrogens is 1290 g/mol. The summed E-state index contributed by atoms with van der Waals surface area (Å²) in [6.45, 7) is 12.5. The molecule has 7 rings (SSSR count). The molecule has 100 heavy (non-hydrogen) atoms. The van der Waals surface area contributed by atoms with E-state index in [-0.39, 0.29) is 74.9 Å². The highest BCUT2D eigenvalue weighted by atomic mass is 19.2. The van der Waals surface area contributed by atoms with Crippen LogP contribution in [0.25, 0.3) is 0 Å². The SMILES string of the molecule is CCCC[C@@H]1NC(=O)[C@H](Cc2cccc(F)c2F)NC(=O)CN(C)C(=O)[C@H](Cc2ccc(OC)cc2)N(C)C(=O)[C@@H]2CCN2C(=O)[C@@H]2CCCCN2C(=O)C(C2CCC2)NC(=O)[C@H](CC(C)C)N(C)C(=O)C[C@@H](C(=O)N2CCCCC2)N(C)C(=O)[C@H](CC(C)C)NC(=O)C(C)(C)N(C)C1=O. The minimum atomic E-state index is -1.78. The number of likely N-dealkylation sites (N-methyl/N-ethyl adjacent to an activating group) is 5. The van der Waals surface area contributed by atoms with Crippen LogP contribution in [0.5, 0.6) is 5.75 Å². The van der Waals surface area contributed by atoms with Gasteiger partial charge in [0.15, 0.2) is 11.6 Å². The van der Waals surface area contributed by atoms with Crippen molar-refractivity contribution in [1.29, 1.82) is 0 Å². The van der Waals surface area contributed by atoms with E-state index in [0.29, 0.717) is 75.8 Å². The van der Waals surface area contributed by atoms with E-state index >= 15 is 38.0 Å². The summed E-state index contributed by atoms with van der Waals surface area (Å²) in [7, 11) is 8.41. The third-order valence-electron chi connectivity index (χ3n) is 20.9. The highest BCUT2D eigenvalue weighted by molar-refractivity contribution is 6.01. The zero-order chi connectivity index (χ0) is 73.6. The molecule has 1 saturated carbocycles. The van der Waals surface area contributed by atoms with Crippen LogP contribution >= 0.6 is 0 Å². The minimum Gasteiger partial charge on any atom is -0.497 e. The number of rotatable bonds is 14. The lowest BCUT2D eigenvalue weighted by Gasteiger charge is -2.47. The Morgan fingerprint density at radius 2 is 1.24 bits per heavy atom. The molecular formula is C73H108F2N12O13. The van der Waals surface area contributed by atoms with Crippen molar-refractivity contribution in [2.45, 2.75) is 224 Å². The van der Waals surface area contributed by atoms with Crippen LogP contribution in [-0.4, -0.2) is 245 Å². The van der Waals surface area contributed by atoms with Crippen LogP contribution < -0.4 is 26.0 Å². The minimum absolute atomic E-state index is 0.00607. The van der Waals surface area contributed by atoms with Gasteiger partial charge in [-0.3, -0.25) is 57.5 Å². The van der Waals surface area contributed by atoms with Crippen molar-refractivity contribution in [3.05, 3.63) is 65.2 Å². The summed E-state index contributed by atoms with van der Waals surface area (Å²) in [4.78, 5) is 190. The van der Waals surface area contributed by atoms with E-state index in [1.165, 1.54) is 87.9 Å². The van der Waals surface area contributed by atoms with Gasteiger partial charge in [0.1, 0.15) is 65.7 Å². The summed E-state index contributed by atoms with van der Waals surface area (Å²) in [5.41, 5.74) is -1.50. The summed E-state index contributed by atoms with van der Waals surface area (Å²) in [6, 6.07) is -1.44. The number of benzene rings is 2. The van der Waals surface area contributed by atoms with E-state index in [2.05, 4.69) is 21.3 Å². The Labute approximate surface area is 587 Å². The Hall–Kier alpha value is -8.26. The molecule has 27 heteroatoms. The maximum Gasteiger partial charge on any atom is 0.246 e. The zero-order valence-corrected chi connectivity index (χ0v) is 60.9. The highest BCUT2D eigenvalue weighted by Gasteiger charge is 2.49. The Morgan fingerprint density at radius 3 is 1.84 bits per heavy atom. The molecule has 0 radical (unpaired) electrons. The number of carbonyl (C=O) groups excluding carboxylic acids is 12. The molecule has 25 nitrogen and oxygen atoms in total. The van der Waals surface area contributed by atoms with E-state index in [1.807, 2.05) is 34.6 Å². The number of amides is 12. The van der Waals surface area contributed by atoms with Gasteiger partial charge in [-0.2, -0.15) is 0 Å². The second kappa shape index (κ2) is 35.4. The first kappa shape index (κ1) is 79.1. The Balaban J connectivity index is 1.30. The summed E-state index contributed by atoms with van der Waals surface area (Å²) in [5.74, 6) is -11.1. The smallest absolute Gasteiger partial charge is 0.246 e. The molecule has 4 N–H and O–H groups in total. The van der Waals surface area contributed by atoms with E-state index in [1.54, 1.807) is 29.2 Å². The number of likely N-dealkylation sites (tertiary alicyclic amines) is 1. The molecule has 4 aliphatic heterocycles. The van der Waals surface area contributed by atoms with E-state index < -0.39 is 162 Å². The van der Waals surface area contributed by atoms with Gasteiger partial charge >= 0.3 is 0 Å². The third-order valence-corrected chi connectivity index (χ3v) is 20.9. The van der Waals surface area contributed by atoms with E-state index in [9.17, 15) is 28.4 Å². The molecule has 2 aromatic carbocycles. The van der Waals surface area contributed by atoms with Crippen LogP contribution in [-0.2, 0) is 70.4 Å². The van der Waals surface area contributed by atoms with Crippen molar-refractivity contribution < 1.29 is 71.1 Å². The molecule has 9 atom stereocenters. The first-order chi connectivity index (χ1) is 47.3. The first-order valence-electron chi connectivity index (χ1n) is 35.8. The van der Waals surface area contributed by atoms with Gasteiger partial charge in [0, 0.05) is 74.3 Å². The normalized spacial score (nSPS) is 26.3. The topological polar surface area (TPSA) is 288 Å². The number of nitrogens with one attached hydrogen (secondary N) is 4. The molecule has 5 fully saturated rings. The van der Waals surface area contributed by atoms with E-state index in [4.69, 9.17) is 4.74 Å². The van der Waals surface area contributed by atoms with Crippen molar-refractivity contribution in [2.24, 2.45) is 17.8 Å². The van der Waals surface area contributed by atoms with Gasteiger partial charge in [-0.1, -0.05) is 78.1 Å². The quantitative estimate of drug-likeness (QED) is 0.205. The zero-order valence-electron chi connectivity index (χ0n) is 60.9. The summed E-state index contributed by atoms with van der Waals surface area (Å²) in [5, 5.41) is 11.2. The van der Waals surface area contributed by atoms with Crippen LogP contribution in [0.4, 0.5) is 8.78 Å². The second-order valence-corrected chi connectivity index (χ2v) is 29.3. The number of hydrogen-bond acceptors (Lipinski definition) is 13. The van der Waals surface area contributed by atoms with Gasteiger partial charge in [-0.05, 0) is 138 Å². The second-order valence-electron chi connectivity index (χ2n) is 29.3. The van der Waals surface area contributed by atoms with Crippen molar-refractivity contribution in [1.82, 2.24) is 60.5 Å². The molecule has 2 aromatic rings. The molecule has 552 valence electrons. The number of methoxy groups -OCH3 is 1. The number of fused-ring (bicyclic) bond motifs is 2. The monoisotopic (exact) mass is 1400 g/mol. The van der Waals surface area contributed by atoms with Crippen molar-refractivity contribution in [2.75, 3.05) is 75.1 Å². The van der Waals surface area contributed by atoms with Crippen LogP contribution in [0.3, 0.4) is 0 Å². The molecule has 1 unspecified atom stereocenters. The summed E-state index contributed by atoms with van der Waals surface area (Å²) in [6.07, 6.45) is 5.59. The number of ether oxygens (including phenoxy) is 1. The lowest BCUT2D eigenvalue weighted by molar-refractivity contribution is -0.162. The van der Waals surface area contributed by atoms with Crippen molar-refractivity contribution in [3.63, 3.8) is 0 Å². The van der Waals surface area contributed by atoms with Gasteiger partial charge in [0.05, 0.1) is 20.1 Å². The highest BCUT2D eigenvalue weighted by Crippen LogP contribution is 2.34. The summed E-state index contributed by atoms with van der Waals surface area (Å²) < 4.78 is 35.9. The van der Waals surface area contributed by atoms with Crippen LogP contribution in [0, 0.1) is 29.4 Å². The number of carbonyl (C=O) groups is 12. The molecule has 4 saturated heterocycles. The van der Waals surface area contributed by atoms with Gasteiger partial charge in [0.25, 0.3) is 0 Å². The average Bonchev–Trinajstić information content (AvgIpc) is 0.772. The van der Waals surface area contributed by atoms with Gasteiger partial charge in [-0.15, -0.1) is 0 Å². The number of piperidine rings is 2. The molecule has 5 aliphatic rings. The van der Waals surface area contributed by atoms with Crippen molar-refractivity contribution in [3.8, 4) is 5.75 Å². The number of hydrogen-bond donors (Lipinski definition) is 4. The predicted molar refractivity (Wildman–Crippen MR) is 369 cm³/mol. The van der Waals surface area contributed by atoms with Gasteiger partial charge < -0.3 is 65.2 Å². The van der Waals surface area contributed by atoms with Crippen molar-refractivity contribution >= 4 is 70.9 Å². The Morgan fingerprint density at radius 1 is 0.600 bits per heavy atom. The third kappa shape index (κ3) is 19.2. The molecule has 0 spiro atoms. The summed E-state index contributed by atoms with van der Waals surface area (Å²) >= 11 is 0. The van der Waals surface area contributed by atoms with Gasteiger partial charge in [0.2, 0.25) is 70.9 Å². The molecule has 4 heterocycles. The lowest BCUT2D eigenvalue weighted by Crippen LogP contribution is -2.66. The number of halogens is 2. The maximum absolute atomic E-state index is 15.6. The predicted octanol–water partition coefficient (Wildman–Crippen LogP) is 4.35. The fraction of sp³-hybridized carbons (Fsp3) is 0.671. The van der Waals surface area contributed by atoms with E-state index in [0.717, 1.165) is 33.6 Å². The molecule has 12 amide bonds. The number of unbranched alkanes of at least 4 members (excludes halogenated alkanes) is 1. The Bertz CT molecular complexity index is 3290. The maximum atomic E-state index is 15.6. The molecule has 0 bridgehead atoms. The largest absolute Gasteiger partial charge is 0.497 e. The number of nitrogens with zero attached hydrogens (tertiary/aromatic N) is 8. The Kier molecular flexibility index (Phi) is 28.0. The molecule has 0 aromatic heterocycles. The fourth-order valence-electron chi connectivity index (χ4n) is 13.9. The van der Waals surface area contributed by atoms with Crippen LogP contribution in [0.2, 0.25) is 0 Å². The lowest BCUT2D eigenvalue weighted by atomic mass is 9.78. The average molecular weight is 1400 g/mol. The van der Waals surface area contributed by atoms with Crippen LogP contribution in [0.15, 0.2) is 42.5 Å².